The monoisotopic (exact) mass is 406 g/mol. The molecule has 0 radical (unpaired) electrons. The largest absolute Gasteiger partial charge is 0.353 e. The van der Waals surface area contributed by atoms with Crippen LogP contribution in [-0.2, 0) is 0 Å². The zero-order valence-corrected chi connectivity index (χ0v) is 17.5. The quantitative estimate of drug-likeness (QED) is 0.707. The fraction of sp³-hybridized carbons (Fsp3) is 0.364. The third-order valence-electron chi connectivity index (χ3n) is 5.10. The Balaban J connectivity index is 1.34. The average molecular weight is 406 g/mol. The van der Waals surface area contributed by atoms with Gasteiger partial charge in [-0.25, -0.2) is 9.78 Å². The molecule has 1 saturated heterocycles. The molecule has 30 heavy (non-hydrogen) atoms. The van der Waals surface area contributed by atoms with Crippen LogP contribution >= 0.6 is 0 Å². The van der Waals surface area contributed by atoms with E-state index in [0.717, 1.165) is 35.7 Å². The Morgan fingerprint density at radius 3 is 2.57 bits per heavy atom. The molecule has 3 heterocycles. The fourth-order valence-corrected chi connectivity index (χ4v) is 3.36. The second-order valence-electron chi connectivity index (χ2n) is 7.79. The number of benzene rings is 1. The minimum absolute atomic E-state index is 0.0679. The molecule has 4 rings (SSSR count). The van der Waals surface area contributed by atoms with Gasteiger partial charge in [-0.15, -0.1) is 0 Å². The number of piperazine rings is 1. The normalized spacial score (nSPS) is 14.3. The summed E-state index contributed by atoms with van der Waals surface area (Å²) in [6.07, 6.45) is 1.76. The van der Waals surface area contributed by atoms with Gasteiger partial charge in [-0.05, 0) is 36.8 Å². The smallest absolute Gasteiger partial charge is 0.321 e. The van der Waals surface area contributed by atoms with Crippen LogP contribution in [0, 0.1) is 6.92 Å². The Bertz CT molecular complexity index is 1010. The number of amides is 2. The summed E-state index contributed by atoms with van der Waals surface area (Å²) in [6, 6.07) is 11.7. The van der Waals surface area contributed by atoms with E-state index >= 15 is 0 Å². The molecule has 0 saturated carbocycles. The van der Waals surface area contributed by atoms with Crippen LogP contribution in [0.2, 0.25) is 0 Å². The van der Waals surface area contributed by atoms with Gasteiger partial charge in [0.2, 0.25) is 11.7 Å². The standard InChI is InChI=1S/C22H26N6O2/c1-15(2)21-25-20(26-30-21)17-7-8-19(23-14-17)27-9-11-28(12-10-27)22(29)24-18-6-4-5-16(3)13-18/h4-8,13-15H,9-12H2,1-3H3,(H,24,29). The van der Waals surface area contributed by atoms with Crippen molar-refractivity contribution in [3.05, 3.63) is 54.0 Å². The van der Waals surface area contributed by atoms with Crippen molar-refractivity contribution in [3.63, 3.8) is 0 Å². The van der Waals surface area contributed by atoms with Crippen LogP contribution in [0.3, 0.4) is 0 Å². The van der Waals surface area contributed by atoms with Crippen molar-refractivity contribution in [1.82, 2.24) is 20.0 Å². The number of nitrogens with zero attached hydrogens (tertiary/aromatic N) is 5. The molecule has 1 aliphatic heterocycles. The number of anilines is 2. The number of nitrogens with one attached hydrogen (secondary N) is 1. The van der Waals surface area contributed by atoms with E-state index in [0.29, 0.717) is 24.8 Å². The van der Waals surface area contributed by atoms with Gasteiger partial charge in [0.05, 0.1) is 0 Å². The van der Waals surface area contributed by atoms with E-state index in [1.807, 2.05) is 62.1 Å². The zero-order chi connectivity index (χ0) is 21.1. The molecule has 2 aromatic heterocycles. The van der Waals surface area contributed by atoms with Crippen molar-refractivity contribution >= 4 is 17.5 Å². The van der Waals surface area contributed by atoms with Crippen LogP contribution < -0.4 is 10.2 Å². The summed E-state index contributed by atoms with van der Waals surface area (Å²) >= 11 is 0. The minimum Gasteiger partial charge on any atom is -0.353 e. The van der Waals surface area contributed by atoms with Crippen LogP contribution in [-0.4, -0.2) is 52.2 Å². The zero-order valence-electron chi connectivity index (χ0n) is 17.5. The predicted octanol–water partition coefficient (Wildman–Crippen LogP) is 3.92. The summed E-state index contributed by atoms with van der Waals surface area (Å²) in [5, 5.41) is 7.00. The van der Waals surface area contributed by atoms with Crippen LogP contribution in [0.25, 0.3) is 11.4 Å². The lowest BCUT2D eigenvalue weighted by Crippen LogP contribution is -2.50. The maximum absolute atomic E-state index is 12.5. The van der Waals surface area contributed by atoms with Crippen LogP contribution in [0.15, 0.2) is 47.1 Å². The first-order chi connectivity index (χ1) is 14.5. The Labute approximate surface area is 175 Å². The Kier molecular flexibility index (Phi) is 5.65. The molecule has 0 bridgehead atoms. The topological polar surface area (TPSA) is 87.4 Å². The number of aryl methyl sites for hydroxylation is 1. The number of urea groups is 1. The highest BCUT2D eigenvalue weighted by molar-refractivity contribution is 5.89. The maximum Gasteiger partial charge on any atom is 0.321 e. The maximum atomic E-state index is 12.5. The highest BCUT2D eigenvalue weighted by atomic mass is 16.5. The van der Waals surface area contributed by atoms with Crippen LogP contribution in [0.5, 0.6) is 0 Å². The number of carbonyl (C=O) groups excluding carboxylic acids is 1. The molecule has 3 aromatic rings. The van der Waals surface area contributed by atoms with Crippen molar-refractivity contribution in [2.24, 2.45) is 0 Å². The fourth-order valence-electron chi connectivity index (χ4n) is 3.36. The molecule has 8 heteroatoms. The molecule has 156 valence electrons. The van der Waals surface area contributed by atoms with E-state index in [9.17, 15) is 4.79 Å². The third-order valence-corrected chi connectivity index (χ3v) is 5.10. The van der Waals surface area contributed by atoms with Gasteiger partial charge in [0.1, 0.15) is 5.82 Å². The molecule has 0 spiro atoms. The van der Waals surface area contributed by atoms with Gasteiger partial charge >= 0.3 is 6.03 Å². The molecular weight excluding hydrogens is 380 g/mol. The van der Waals surface area contributed by atoms with Crippen molar-refractivity contribution in [2.75, 3.05) is 36.4 Å². The first-order valence-corrected chi connectivity index (χ1v) is 10.2. The molecule has 1 aromatic carbocycles. The van der Waals surface area contributed by atoms with Crippen molar-refractivity contribution in [2.45, 2.75) is 26.7 Å². The highest BCUT2D eigenvalue weighted by Gasteiger charge is 2.22. The van der Waals surface area contributed by atoms with Gasteiger partial charge < -0.3 is 19.6 Å². The van der Waals surface area contributed by atoms with Crippen molar-refractivity contribution in [3.8, 4) is 11.4 Å². The van der Waals surface area contributed by atoms with E-state index in [4.69, 9.17) is 4.52 Å². The summed E-state index contributed by atoms with van der Waals surface area (Å²) in [6.45, 7) is 8.78. The first kappa shape index (κ1) is 19.9. The molecule has 0 unspecified atom stereocenters. The number of aromatic nitrogens is 3. The number of carbonyl (C=O) groups is 1. The molecule has 1 aliphatic rings. The summed E-state index contributed by atoms with van der Waals surface area (Å²) < 4.78 is 5.27. The van der Waals surface area contributed by atoms with E-state index in [1.54, 1.807) is 6.20 Å². The van der Waals surface area contributed by atoms with E-state index in [1.165, 1.54) is 0 Å². The lowest BCUT2D eigenvalue weighted by atomic mass is 10.2. The van der Waals surface area contributed by atoms with Crippen LogP contribution in [0.1, 0.15) is 31.2 Å². The van der Waals surface area contributed by atoms with Gasteiger partial charge in [-0.3, -0.25) is 0 Å². The molecule has 1 fully saturated rings. The molecule has 0 atom stereocenters. The molecule has 2 amide bonds. The van der Waals surface area contributed by atoms with E-state index in [-0.39, 0.29) is 11.9 Å². The van der Waals surface area contributed by atoms with Gasteiger partial charge in [0.25, 0.3) is 0 Å². The van der Waals surface area contributed by atoms with Crippen molar-refractivity contribution < 1.29 is 9.32 Å². The molecule has 1 N–H and O–H groups in total. The van der Waals surface area contributed by atoms with Gasteiger partial charge in [0, 0.05) is 49.5 Å². The Morgan fingerprint density at radius 2 is 1.93 bits per heavy atom. The summed E-state index contributed by atoms with van der Waals surface area (Å²) in [5.41, 5.74) is 2.76. The second-order valence-corrected chi connectivity index (χ2v) is 7.79. The Morgan fingerprint density at radius 1 is 1.13 bits per heavy atom. The lowest BCUT2D eigenvalue weighted by Gasteiger charge is -2.35. The van der Waals surface area contributed by atoms with Gasteiger partial charge in [0.15, 0.2) is 0 Å². The second kappa shape index (κ2) is 8.52. The number of hydrogen-bond donors (Lipinski definition) is 1. The number of pyridine rings is 1. The summed E-state index contributed by atoms with van der Waals surface area (Å²) in [7, 11) is 0. The molecule has 8 nitrogen and oxygen atoms in total. The van der Waals surface area contributed by atoms with Gasteiger partial charge in [-0.1, -0.05) is 31.1 Å². The third kappa shape index (κ3) is 4.42. The predicted molar refractivity (Wildman–Crippen MR) is 116 cm³/mol. The first-order valence-electron chi connectivity index (χ1n) is 10.2. The van der Waals surface area contributed by atoms with E-state index in [2.05, 4.69) is 25.3 Å². The number of hydrogen-bond acceptors (Lipinski definition) is 6. The summed E-state index contributed by atoms with van der Waals surface area (Å²) in [5.74, 6) is 2.24. The SMILES string of the molecule is Cc1cccc(NC(=O)N2CCN(c3ccc(-c4noc(C(C)C)n4)cn3)CC2)c1. The molecule has 0 aliphatic carbocycles. The lowest BCUT2D eigenvalue weighted by molar-refractivity contribution is 0.208. The van der Waals surface area contributed by atoms with E-state index < -0.39 is 0 Å². The minimum atomic E-state index is -0.0679. The van der Waals surface area contributed by atoms with Crippen molar-refractivity contribution in [1.29, 1.82) is 0 Å². The molecular formula is C22H26N6O2. The van der Waals surface area contributed by atoms with Gasteiger partial charge in [-0.2, -0.15) is 4.98 Å². The highest BCUT2D eigenvalue weighted by Crippen LogP contribution is 2.22. The Hall–Kier alpha value is -3.42. The summed E-state index contributed by atoms with van der Waals surface area (Å²) in [4.78, 5) is 25.5. The number of rotatable bonds is 4. The average Bonchev–Trinajstić information content (AvgIpc) is 3.25. The van der Waals surface area contributed by atoms with Crippen LogP contribution in [0.4, 0.5) is 16.3 Å².